The Morgan fingerprint density at radius 3 is 2.07 bits per heavy atom. The first-order valence-electron chi connectivity index (χ1n) is 9.03. The fourth-order valence-electron chi connectivity index (χ4n) is 3.15. The van der Waals surface area contributed by atoms with Crippen molar-refractivity contribution in [2.24, 2.45) is 0 Å². The standard InChI is InChI=1S/C22H18F2N2O3/c23-22(24)28-18-12-11-17(13-19(18)29-22)26-20(27)14-25-21(15-7-3-1-4-8-15)16-9-5-2-6-10-16/h1-13,21,25H,14H2,(H,26,27). The first kappa shape index (κ1) is 18.9. The molecule has 0 unspecified atom stereocenters. The van der Waals surface area contributed by atoms with Gasteiger partial charge in [0.05, 0.1) is 12.6 Å². The summed E-state index contributed by atoms with van der Waals surface area (Å²) in [5.41, 5.74) is 2.39. The van der Waals surface area contributed by atoms with E-state index >= 15 is 0 Å². The normalized spacial score (nSPS) is 14.0. The SMILES string of the molecule is O=C(CNC(c1ccccc1)c1ccccc1)Nc1ccc2c(c1)OC(F)(F)O2. The Labute approximate surface area is 166 Å². The molecular weight excluding hydrogens is 378 g/mol. The first-order chi connectivity index (χ1) is 14.0. The van der Waals surface area contributed by atoms with Crippen LogP contribution in [0.2, 0.25) is 0 Å². The Kier molecular flexibility index (Phi) is 5.14. The molecule has 148 valence electrons. The van der Waals surface area contributed by atoms with Gasteiger partial charge in [0, 0.05) is 11.8 Å². The minimum absolute atomic E-state index is 0.0268. The van der Waals surface area contributed by atoms with Crippen molar-refractivity contribution in [1.82, 2.24) is 5.32 Å². The highest BCUT2D eigenvalue weighted by molar-refractivity contribution is 5.92. The molecule has 2 N–H and O–H groups in total. The summed E-state index contributed by atoms with van der Waals surface area (Å²) in [5.74, 6) is -0.501. The lowest BCUT2D eigenvalue weighted by Crippen LogP contribution is -2.31. The van der Waals surface area contributed by atoms with Crippen LogP contribution in [0, 0.1) is 0 Å². The van der Waals surface area contributed by atoms with Crippen LogP contribution in [0.4, 0.5) is 14.5 Å². The van der Waals surface area contributed by atoms with E-state index < -0.39 is 6.29 Å². The summed E-state index contributed by atoms with van der Waals surface area (Å²) in [7, 11) is 0. The van der Waals surface area contributed by atoms with Gasteiger partial charge in [0.1, 0.15) is 0 Å². The average Bonchev–Trinajstić information content (AvgIpc) is 3.03. The molecule has 0 bridgehead atoms. The Bertz CT molecular complexity index is 958. The maximum Gasteiger partial charge on any atom is 0.586 e. The number of alkyl halides is 2. The molecule has 3 aromatic rings. The van der Waals surface area contributed by atoms with Gasteiger partial charge in [-0.2, -0.15) is 0 Å². The maximum absolute atomic E-state index is 13.1. The molecule has 0 aromatic heterocycles. The molecule has 1 heterocycles. The number of halogens is 2. The van der Waals surface area contributed by atoms with E-state index in [-0.39, 0.29) is 30.0 Å². The van der Waals surface area contributed by atoms with Crippen molar-refractivity contribution in [3.8, 4) is 11.5 Å². The fourth-order valence-corrected chi connectivity index (χ4v) is 3.15. The summed E-state index contributed by atoms with van der Waals surface area (Å²) in [5, 5.41) is 5.93. The van der Waals surface area contributed by atoms with E-state index in [1.165, 1.54) is 18.2 Å². The van der Waals surface area contributed by atoms with E-state index in [1.807, 2.05) is 60.7 Å². The van der Waals surface area contributed by atoms with Crippen molar-refractivity contribution in [3.05, 3.63) is 90.0 Å². The molecule has 29 heavy (non-hydrogen) atoms. The smallest absolute Gasteiger partial charge is 0.395 e. The van der Waals surface area contributed by atoms with Gasteiger partial charge in [-0.1, -0.05) is 60.7 Å². The zero-order chi connectivity index (χ0) is 20.3. The van der Waals surface area contributed by atoms with Crippen molar-refractivity contribution in [2.45, 2.75) is 12.3 Å². The van der Waals surface area contributed by atoms with E-state index in [0.29, 0.717) is 5.69 Å². The third-order valence-electron chi connectivity index (χ3n) is 4.42. The highest BCUT2D eigenvalue weighted by atomic mass is 19.3. The monoisotopic (exact) mass is 396 g/mol. The van der Waals surface area contributed by atoms with Gasteiger partial charge in [-0.15, -0.1) is 8.78 Å². The zero-order valence-corrected chi connectivity index (χ0v) is 15.3. The van der Waals surface area contributed by atoms with E-state index in [1.54, 1.807) is 0 Å². The molecule has 3 aromatic carbocycles. The zero-order valence-electron chi connectivity index (χ0n) is 15.3. The van der Waals surface area contributed by atoms with Crippen LogP contribution in [-0.4, -0.2) is 18.7 Å². The van der Waals surface area contributed by atoms with Crippen molar-refractivity contribution < 1.29 is 23.0 Å². The Morgan fingerprint density at radius 2 is 1.45 bits per heavy atom. The molecule has 0 spiro atoms. The van der Waals surface area contributed by atoms with Gasteiger partial charge < -0.3 is 14.8 Å². The molecule has 0 saturated heterocycles. The topological polar surface area (TPSA) is 59.6 Å². The highest BCUT2D eigenvalue weighted by Crippen LogP contribution is 2.42. The Morgan fingerprint density at radius 1 is 0.862 bits per heavy atom. The number of carbonyl (C=O) groups excluding carboxylic acids is 1. The van der Waals surface area contributed by atoms with Gasteiger partial charge in [-0.3, -0.25) is 10.1 Å². The van der Waals surface area contributed by atoms with E-state index in [9.17, 15) is 13.6 Å². The van der Waals surface area contributed by atoms with Crippen LogP contribution < -0.4 is 20.1 Å². The summed E-state index contributed by atoms with van der Waals surface area (Å²) in [4.78, 5) is 12.4. The second kappa shape index (κ2) is 7.89. The molecule has 5 nitrogen and oxygen atoms in total. The Hall–Kier alpha value is -3.45. The lowest BCUT2D eigenvalue weighted by molar-refractivity contribution is -0.286. The highest BCUT2D eigenvalue weighted by Gasteiger charge is 2.43. The molecule has 1 aliphatic rings. The van der Waals surface area contributed by atoms with Crippen molar-refractivity contribution in [2.75, 3.05) is 11.9 Å². The van der Waals surface area contributed by atoms with Gasteiger partial charge in [0.25, 0.3) is 0 Å². The average molecular weight is 396 g/mol. The van der Waals surface area contributed by atoms with Crippen LogP contribution in [0.25, 0.3) is 0 Å². The molecule has 4 rings (SSSR count). The van der Waals surface area contributed by atoms with E-state index in [4.69, 9.17) is 0 Å². The van der Waals surface area contributed by atoms with Crippen LogP contribution in [-0.2, 0) is 4.79 Å². The van der Waals surface area contributed by atoms with E-state index in [0.717, 1.165) is 11.1 Å². The summed E-state index contributed by atoms with van der Waals surface area (Å²) in [6, 6.07) is 23.5. The number of anilines is 1. The predicted octanol–water partition coefficient (Wildman–Crippen LogP) is 4.33. The molecule has 0 radical (unpaired) electrons. The lowest BCUT2D eigenvalue weighted by atomic mass is 9.99. The van der Waals surface area contributed by atoms with Gasteiger partial charge in [-0.25, -0.2) is 0 Å². The lowest BCUT2D eigenvalue weighted by Gasteiger charge is -2.19. The van der Waals surface area contributed by atoms with Crippen molar-refractivity contribution in [3.63, 3.8) is 0 Å². The number of hydrogen-bond donors (Lipinski definition) is 2. The van der Waals surface area contributed by atoms with Gasteiger partial charge in [0.2, 0.25) is 5.91 Å². The van der Waals surface area contributed by atoms with Gasteiger partial charge in [-0.05, 0) is 23.3 Å². The molecule has 0 saturated carbocycles. The number of fused-ring (bicyclic) bond motifs is 1. The third-order valence-corrected chi connectivity index (χ3v) is 4.42. The maximum atomic E-state index is 13.1. The number of rotatable bonds is 6. The molecule has 1 amide bonds. The second-order valence-corrected chi connectivity index (χ2v) is 6.51. The van der Waals surface area contributed by atoms with Crippen LogP contribution in [0.15, 0.2) is 78.9 Å². The van der Waals surface area contributed by atoms with E-state index in [2.05, 4.69) is 20.1 Å². The minimum atomic E-state index is -3.69. The number of hydrogen-bond acceptors (Lipinski definition) is 4. The molecule has 0 atom stereocenters. The number of nitrogens with one attached hydrogen (secondary N) is 2. The van der Waals surface area contributed by atoms with Crippen LogP contribution in [0.1, 0.15) is 17.2 Å². The minimum Gasteiger partial charge on any atom is -0.395 e. The first-order valence-corrected chi connectivity index (χ1v) is 9.03. The van der Waals surface area contributed by atoms with Crippen molar-refractivity contribution in [1.29, 1.82) is 0 Å². The number of carbonyl (C=O) groups is 1. The Balaban J connectivity index is 1.43. The summed E-state index contributed by atoms with van der Waals surface area (Å²) in [6.07, 6.45) is -3.69. The molecule has 0 fully saturated rings. The second-order valence-electron chi connectivity index (χ2n) is 6.51. The summed E-state index contributed by atoms with van der Waals surface area (Å²) in [6.45, 7) is 0.0268. The number of ether oxygens (including phenoxy) is 2. The molecule has 7 heteroatoms. The third kappa shape index (κ3) is 4.52. The van der Waals surface area contributed by atoms with Gasteiger partial charge in [0.15, 0.2) is 11.5 Å². The molecule has 0 aliphatic carbocycles. The summed E-state index contributed by atoms with van der Waals surface area (Å²) >= 11 is 0. The van der Waals surface area contributed by atoms with Crippen LogP contribution in [0.5, 0.6) is 11.5 Å². The number of benzene rings is 3. The molecular formula is C22H18F2N2O3. The quantitative estimate of drug-likeness (QED) is 0.651. The fraction of sp³-hybridized carbons (Fsp3) is 0.136. The summed E-state index contributed by atoms with van der Waals surface area (Å²) < 4.78 is 35.0. The van der Waals surface area contributed by atoms with Crippen LogP contribution in [0.3, 0.4) is 0 Å². The van der Waals surface area contributed by atoms with Gasteiger partial charge >= 0.3 is 6.29 Å². The van der Waals surface area contributed by atoms with Crippen molar-refractivity contribution >= 4 is 11.6 Å². The molecule has 1 aliphatic heterocycles. The predicted molar refractivity (Wildman–Crippen MR) is 104 cm³/mol. The van der Waals surface area contributed by atoms with Crippen LogP contribution >= 0.6 is 0 Å². The number of amides is 1. The largest absolute Gasteiger partial charge is 0.586 e.